The van der Waals surface area contributed by atoms with E-state index < -0.39 is 52.2 Å². The van der Waals surface area contributed by atoms with Crippen molar-refractivity contribution in [1.82, 2.24) is 9.62 Å². The second-order valence-corrected chi connectivity index (χ2v) is 10.1. The van der Waals surface area contributed by atoms with Gasteiger partial charge in [-0.1, -0.05) is 37.6 Å². The van der Waals surface area contributed by atoms with Crippen molar-refractivity contribution in [3.63, 3.8) is 0 Å². The number of hydrogen-bond acceptors (Lipinski definition) is 4. The van der Waals surface area contributed by atoms with E-state index in [1.54, 1.807) is 19.9 Å². The van der Waals surface area contributed by atoms with Crippen LogP contribution in [-0.2, 0) is 20.4 Å². The molecule has 0 spiro atoms. The minimum Gasteiger partial charge on any atom is -0.355 e. The molecule has 0 aliphatic carbocycles. The maximum atomic E-state index is 15.1. The van der Waals surface area contributed by atoms with Gasteiger partial charge in [-0.3, -0.25) is 9.59 Å². The summed E-state index contributed by atoms with van der Waals surface area (Å²) < 4.78 is 53.8. The summed E-state index contributed by atoms with van der Waals surface area (Å²) in [6.07, 6.45) is 0. The van der Waals surface area contributed by atoms with Crippen molar-refractivity contribution >= 4 is 39.3 Å². The van der Waals surface area contributed by atoms with Crippen LogP contribution in [0.1, 0.15) is 41.3 Å². The number of anilines is 1. The minimum absolute atomic E-state index is 0.0216. The Morgan fingerprint density at radius 1 is 1.18 bits per heavy atom. The number of rotatable bonds is 6. The molecule has 0 unspecified atom stereocenters. The molecule has 12 heteroatoms. The van der Waals surface area contributed by atoms with E-state index in [0.29, 0.717) is 5.56 Å². The zero-order chi connectivity index (χ0) is 24.7. The number of hydrogen-bond donors (Lipinski definition) is 3. The lowest BCUT2D eigenvalue weighted by molar-refractivity contribution is -0.125. The number of carbonyl (C=O) groups excluding carboxylic acids is 2. The molecule has 33 heavy (non-hydrogen) atoms. The van der Waals surface area contributed by atoms with Gasteiger partial charge in [0.05, 0.1) is 16.3 Å². The zero-order valence-electron chi connectivity index (χ0n) is 18.1. The van der Waals surface area contributed by atoms with E-state index in [0.717, 1.165) is 16.4 Å². The Bertz CT molecular complexity index is 1230. The Morgan fingerprint density at radius 2 is 1.82 bits per heavy atom. The first-order chi connectivity index (χ1) is 15.3. The van der Waals surface area contributed by atoms with E-state index in [2.05, 4.69) is 10.6 Å². The minimum atomic E-state index is -4.15. The largest absolute Gasteiger partial charge is 0.355 e. The third kappa shape index (κ3) is 4.58. The topological polar surface area (TPSA) is 122 Å². The molecule has 178 valence electrons. The predicted octanol–water partition coefficient (Wildman–Crippen LogP) is 2.50. The first-order valence-corrected chi connectivity index (χ1v) is 11.8. The van der Waals surface area contributed by atoms with Gasteiger partial charge in [0, 0.05) is 25.7 Å². The van der Waals surface area contributed by atoms with Crippen molar-refractivity contribution in [1.29, 1.82) is 0 Å². The zero-order valence-corrected chi connectivity index (χ0v) is 19.7. The molecule has 0 bridgehead atoms. The van der Waals surface area contributed by atoms with Crippen molar-refractivity contribution in [3.8, 4) is 0 Å². The van der Waals surface area contributed by atoms with Crippen molar-refractivity contribution in [2.75, 3.05) is 25.5 Å². The summed E-state index contributed by atoms with van der Waals surface area (Å²) in [6, 6.07) is 6.24. The van der Waals surface area contributed by atoms with Crippen molar-refractivity contribution in [3.05, 3.63) is 63.7 Å². The summed E-state index contributed by atoms with van der Waals surface area (Å²) in [5.41, 5.74) is -1.45. The summed E-state index contributed by atoms with van der Waals surface area (Å²) >= 11 is 5.79. The fraction of sp³-hybridized carbons (Fsp3) is 0.333. The third-order valence-electron chi connectivity index (χ3n) is 5.61. The van der Waals surface area contributed by atoms with Gasteiger partial charge in [0.1, 0.15) is 17.0 Å². The van der Waals surface area contributed by atoms with E-state index in [1.165, 1.54) is 19.2 Å². The van der Waals surface area contributed by atoms with Gasteiger partial charge >= 0.3 is 0 Å². The van der Waals surface area contributed by atoms with E-state index in [9.17, 15) is 22.4 Å². The third-order valence-corrected chi connectivity index (χ3v) is 6.88. The Labute approximate surface area is 195 Å². The summed E-state index contributed by atoms with van der Waals surface area (Å²) in [4.78, 5) is 25.8. The first-order valence-electron chi connectivity index (χ1n) is 9.91. The Kier molecular flexibility index (Phi) is 6.81. The molecule has 2 aromatic rings. The fourth-order valence-corrected chi connectivity index (χ4v) is 4.86. The fourth-order valence-electron chi connectivity index (χ4n) is 3.89. The van der Waals surface area contributed by atoms with Gasteiger partial charge in [0.2, 0.25) is 5.91 Å². The molecule has 2 aromatic carbocycles. The Hall–Kier alpha value is -2.60. The average Bonchev–Trinajstić information content (AvgIpc) is 2.69. The number of benzene rings is 2. The van der Waals surface area contributed by atoms with Crippen LogP contribution in [0.25, 0.3) is 0 Å². The van der Waals surface area contributed by atoms with Gasteiger partial charge in [0.25, 0.3) is 16.1 Å². The molecule has 0 atom stereocenters. The van der Waals surface area contributed by atoms with Crippen LogP contribution in [0.4, 0.5) is 14.5 Å². The molecule has 1 aliphatic heterocycles. The van der Waals surface area contributed by atoms with Crippen LogP contribution in [0.3, 0.4) is 0 Å². The highest BCUT2D eigenvalue weighted by Crippen LogP contribution is 2.42. The monoisotopic (exact) mass is 500 g/mol. The molecule has 0 radical (unpaired) electrons. The molecule has 0 aromatic heterocycles. The molecule has 0 saturated carbocycles. The summed E-state index contributed by atoms with van der Waals surface area (Å²) in [6.45, 7) is 2.75. The maximum absolute atomic E-state index is 15.1. The highest BCUT2D eigenvalue weighted by atomic mass is 35.5. The van der Waals surface area contributed by atoms with Crippen LogP contribution in [0.5, 0.6) is 0 Å². The van der Waals surface area contributed by atoms with E-state index in [1.807, 2.05) is 0 Å². The molecule has 1 saturated heterocycles. The second kappa shape index (κ2) is 8.98. The number of amides is 2. The van der Waals surface area contributed by atoms with Crippen LogP contribution in [0.15, 0.2) is 30.3 Å². The van der Waals surface area contributed by atoms with Crippen LogP contribution in [0.2, 0.25) is 5.02 Å². The summed E-state index contributed by atoms with van der Waals surface area (Å²) in [5, 5.41) is 9.71. The molecule has 1 fully saturated rings. The van der Waals surface area contributed by atoms with Crippen molar-refractivity contribution in [2.45, 2.75) is 25.2 Å². The van der Waals surface area contributed by atoms with Crippen LogP contribution in [0, 0.1) is 11.6 Å². The smallest absolute Gasteiger partial charge is 0.276 e. The van der Waals surface area contributed by atoms with Gasteiger partial charge in [-0.05, 0) is 29.7 Å². The lowest BCUT2D eigenvalue weighted by Crippen LogP contribution is -2.67. The van der Waals surface area contributed by atoms with Gasteiger partial charge in [-0.25, -0.2) is 13.9 Å². The quantitative estimate of drug-likeness (QED) is 0.564. The van der Waals surface area contributed by atoms with Gasteiger partial charge in [0.15, 0.2) is 0 Å². The van der Waals surface area contributed by atoms with Crippen LogP contribution < -0.4 is 15.8 Å². The number of carbonyl (C=O) groups is 2. The molecular formula is C21H23ClF2N4O4S. The number of nitrogens with one attached hydrogen (secondary N) is 2. The van der Waals surface area contributed by atoms with Gasteiger partial charge < -0.3 is 10.6 Å². The summed E-state index contributed by atoms with van der Waals surface area (Å²) in [5.74, 6) is -3.24. The molecule has 1 heterocycles. The van der Waals surface area contributed by atoms with Crippen molar-refractivity contribution in [2.24, 2.45) is 5.14 Å². The Balaban J connectivity index is 2.14. The van der Waals surface area contributed by atoms with Crippen LogP contribution in [-0.4, -0.2) is 44.7 Å². The van der Waals surface area contributed by atoms with E-state index in [4.69, 9.17) is 16.7 Å². The number of nitrogens with two attached hydrogens (primary N) is 1. The maximum Gasteiger partial charge on any atom is 0.276 e. The predicted molar refractivity (Wildman–Crippen MR) is 120 cm³/mol. The lowest BCUT2D eigenvalue weighted by atomic mass is 9.70. The lowest BCUT2D eigenvalue weighted by Gasteiger charge is -2.48. The number of halogens is 3. The molecule has 4 N–H and O–H groups in total. The highest BCUT2D eigenvalue weighted by molar-refractivity contribution is 7.86. The second-order valence-electron chi connectivity index (χ2n) is 8.10. The van der Waals surface area contributed by atoms with E-state index >= 15 is 4.39 Å². The number of nitrogens with zero attached hydrogens (tertiary/aromatic N) is 1. The molecule has 3 rings (SSSR count). The normalized spacial score (nSPS) is 15.8. The van der Waals surface area contributed by atoms with Gasteiger partial charge in [-0.2, -0.15) is 12.7 Å². The highest BCUT2D eigenvalue weighted by Gasteiger charge is 2.56. The van der Waals surface area contributed by atoms with Crippen LogP contribution >= 0.6 is 11.6 Å². The first kappa shape index (κ1) is 25.0. The van der Waals surface area contributed by atoms with Crippen molar-refractivity contribution < 1.29 is 26.8 Å². The van der Waals surface area contributed by atoms with E-state index in [-0.39, 0.29) is 27.8 Å². The SMILES string of the molecule is CNC(=O)c1cc(Cl)c(F)cc1NC(=O)C1(c2c(F)cccc2C(C)C)CN(S(N)(=O)=O)C1. The molecule has 1 aliphatic rings. The Morgan fingerprint density at radius 3 is 2.36 bits per heavy atom. The standard InChI is InChI=1S/C21H23ClF2N4O4S/c1-11(2)12-5-4-6-15(23)18(12)21(9-28(10-21)33(25,31)32)20(30)27-17-8-16(24)14(22)7-13(17)19(29)26-3/h4-8,11H,9-10H2,1-3H3,(H,26,29)(H,27,30)(H2,25,31,32). The molecular weight excluding hydrogens is 478 g/mol. The molecule has 8 nitrogen and oxygen atoms in total. The molecule has 2 amide bonds. The summed E-state index contributed by atoms with van der Waals surface area (Å²) in [7, 11) is -2.80. The van der Waals surface area contributed by atoms with Gasteiger partial charge in [-0.15, -0.1) is 0 Å². The average molecular weight is 501 g/mol.